The molecular weight excluding hydrogens is 248 g/mol. The van der Waals surface area contributed by atoms with E-state index in [-0.39, 0.29) is 5.69 Å². The first-order chi connectivity index (χ1) is 9.06. The van der Waals surface area contributed by atoms with E-state index in [1.165, 1.54) is 25.4 Å². The zero-order chi connectivity index (χ0) is 13.8. The standard InChI is InChI=1S/C13H11N2O4/c1-14(16)12-8-13(19-9-12)7-4-10-2-5-11(6-3-10)15(17)18/h2-9H,1H3/q+1/b7-4+. The molecule has 0 saturated heterocycles. The molecule has 1 heterocycles. The number of nitro groups is 1. The number of benzene rings is 1. The Morgan fingerprint density at radius 1 is 1.11 bits per heavy atom. The van der Waals surface area contributed by atoms with E-state index < -0.39 is 4.92 Å². The van der Waals surface area contributed by atoms with E-state index in [9.17, 15) is 15.0 Å². The second-order valence-electron chi connectivity index (χ2n) is 3.89. The monoisotopic (exact) mass is 259 g/mol. The highest BCUT2D eigenvalue weighted by atomic mass is 16.6. The van der Waals surface area contributed by atoms with Crippen molar-refractivity contribution >= 4 is 23.5 Å². The van der Waals surface area contributed by atoms with Crippen LogP contribution in [0.2, 0.25) is 0 Å². The Morgan fingerprint density at radius 3 is 2.32 bits per heavy atom. The maximum absolute atomic E-state index is 11.0. The van der Waals surface area contributed by atoms with Crippen LogP contribution in [0.1, 0.15) is 11.3 Å². The minimum atomic E-state index is -0.448. The second-order valence-corrected chi connectivity index (χ2v) is 3.89. The van der Waals surface area contributed by atoms with Gasteiger partial charge in [0.1, 0.15) is 5.76 Å². The maximum atomic E-state index is 11.0. The van der Waals surface area contributed by atoms with Crippen LogP contribution in [0.15, 0.2) is 41.0 Å². The molecule has 2 rings (SSSR count). The molecule has 1 aromatic carbocycles. The van der Waals surface area contributed by atoms with Crippen molar-refractivity contribution in [2.24, 2.45) is 0 Å². The lowest BCUT2D eigenvalue weighted by atomic mass is 10.2. The topological polar surface area (TPSA) is 76.4 Å². The summed E-state index contributed by atoms with van der Waals surface area (Å²) in [5.74, 6) is 0.538. The zero-order valence-electron chi connectivity index (χ0n) is 10.1. The van der Waals surface area contributed by atoms with Gasteiger partial charge in [-0.1, -0.05) is 6.08 Å². The summed E-state index contributed by atoms with van der Waals surface area (Å²) < 4.78 is 5.87. The number of nitroso groups, excluding NO2 is 1. The first kappa shape index (κ1) is 12.7. The molecule has 0 fully saturated rings. The Morgan fingerprint density at radius 2 is 1.79 bits per heavy atom. The van der Waals surface area contributed by atoms with E-state index in [0.29, 0.717) is 16.2 Å². The Balaban J connectivity index is 2.13. The third-order valence-electron chi connectivity index (χ3n) is 2.51. The van der Waals surface area contributed by atoms with Crippen molar-refractivity contribution in [1.82, 2.24) is 0 Å². The number of hydrogen-bond donors (Lipinski definition) is 0. The summed E-state index contributed by atoms with van der Waals surface area (Å²) in [5.41, 5.74) is 1.28. The molecule has 0 aliphatic carbocycles. The van der Waals surface area contributed by atoms with Gasteiger partial charge in [-0.3, -0.25) is 10.1 Å². The highest BCUT2D eigenvalue weighted by Gasteiger charge is 2.10. The lowest BCUT2D eigenvalue weighted by molar-refractivity contribution is -0.428. The molecule has 1 aromatic heterocycles. The van der Waals surface area contributed by atoms with Crippen molar-refractivity contribution in [2.45, 2.75) is 0 Å². The van der Waals surface area contributed by atoms with Gasteiger partial charge in [-0.2, -0.15) is 0 Å². The number of nitro benzene ring substituents is 1. The van der Waals surface area contributed by atoms with Crippen molar-refractivity contribution in [3.63, 3.8) is 0 Å². The highest BCUT2D eigenvalue weighted by molar-refractivity contribution is 5.68. The summed E-state index contributed by atoms with van der Waals surface area (Å²) in [5, 5.41) is 10.5. The second kappa shape index (κ2) is 5.26. The number of rotatable bonds is 4. The molecule has 0 amide bonds. The van der Waals surface area contributed by atoms with Gasteiger partial charge < -0.3 is 4.42 Å². The van der Waals surface area contributed by atoms with Crippen LogP contribution in [-0.2, 0) is 0 Å². The lowest BCUT2D eigenvalue weighted by Gasteiger charge is -1.92. The fraction of sp³-hybridized carbons (Fsp3) is 0.0769. The quantitative estimate of drug-likeness (QED) is 0.479. The largest absolute Gasteiger partial charge is 0.458 e. The summed E-state index contributed by atoms with van der Waals surface area (Å²) >= 11 is 0. The van der Waals surface area contributed by atoms with Gasteiger partial charge in [0.2, 0.25) is 0 Å². The van der Waals surface area contributed by atoms with Gasteiger partial charge in [-0.25, -0.2) is 0 Å². The van der Waals surface area contributed by atoms with Gasteiger partial charge in [-0.05, 0) is 23.8 Å². The third kappa shape index (κ3) is 3.12. The molecule has 2 aromatic rings. The molecule has 0 saturated carbocycles. The van der Waals surface area contributed by atoms with Crippen LogP contribution >= 0.6 is 0 Å². The predicted molar refractivity (Wildman–Crippen MR) is 69.9 cm³/mol. The lowest BCUT2D eigenvalue weighted by Crippen LogP contribution is -1.86. The van der Waals surface area contributed by atoms with Gasteiger partial charge in [0.05, 0.1) is 11.0 Å². The molecule has 19 heavy (non-hydrogen) atoms. The Bertz CT molecular complexity index is 641. The van der Waals surface area contributed by atoms with Gasteiger partial charge in [-0.15, -0.1) is 0 Å². The summed E-state index contributed by atoms with van der Waals surface area (Å²) in [6.45, 7) is 0. The van der Waals surface area contributed by atoms with Crippen LogP contribution in [-0.4, -0.2) is 16.7 Å². The van der Waals surface area contributed by atoms with E-state index in [1.54, 1.807) is 30.4 Å². The Kier molecular flexibility index (Phi) is 3.51. The van der Waals surface area contributed by atoms with Crippen molar-refractivity contribution in [1.29, 1.82) is 0 Å². The fourth-order valence-corrected chi connectivity index (χ4v) is 1.48. The van der Waals surface area contributed by atoms with Crippen molar-refractivity contribution in [2.75, 3.05) is 7.05 Å². The molecule has 0 N–H and O–H groups in total. The van der Waals surface area contributed by atoms with Crippen molar-refractivity contribution in [3.05, 3.63) is 62.9 Å². The average Bonchev–Trinajstić information content (AvgIpc) is 2.86. The number of nitrogens with zero attached hydrogens (tertiary/aromatic N) is 2. The van der Waals surface area contributed by atoms with Crippen LogP contribution < -0.4 is 0 Å². The van der Waals surface area contributed by atoms with Gasteiger partial charge >= 0.3 is 0 Å². The van der Waals surface area contributed by atoms with Gasteiger partial charge in [0.25, 0.3) is 11.4 Å². The van der Waals surface area contributed by atoms with Crippen LogP contribution in [0.25, 0.3) is 12.2 Å². The molecule has 0 spiro atoms. The van der Waals surface area contributed by atoms with Crippen molar-refractivity contribution in [3.8, 4) is 0 Å². The molecular formula is C13H11N2O4+. The number of furan rings is 1. The fourth-order valence-electron chi connectivity index (χ4n) is 1.48. The van der Waals surface area contributed by atoms with E-state index in [0.717, 1.165) is 5.56 Å². The molecule has 0 radical (unpaired) electrons. The molecule has 0 unspecified atom stereocenters. The average molecular weight is 259 g/mol. The molecule has 0 aliphatic rings. The molecule has 0 bridgehead atoms. The first-order valence-corrected chi connectivity index (χ1v) is 5.48. The van der Waals surface area contributed by atoms with E-state index in [1.807, 2.05) is 0 Å². The van der Waals surface area contributed by atoms with Crippen molar-refractivity contribution < 1.29 is 14.1 Å². The zero-order valence-corrected chi connectivity index (χ0v) is 10.1. The summed E-state index contributed by atoms with van der Waals surface area (Å²) in [7, 11) is 1.38. The van der Waals surface area contributed by atoms with E-state index in [4.69, 9.17) is 4.42 Å². The third-order valence-corrected chi connectivity index (χ3v) is 2.51. The predicted octanol–water partition coefficient (Wildman–Crippen LogP) is 3.40. The van der Waals surface area contributed by atoms with E-state index >= 15 is 0 Å². The minimum absolute atomic E-state index is 0.0467. The van der Waals surface area contributed by atoms with Crippen LogP contribution in [0.4, 0.5) is 11.4 Å². The summed E-state index contributed by atoms with van der Waals surface area (Å²) in [6.07, 6.45) is 4.80. The number of hydrogen-bond acceptors (Lipinski definition) is 4. The molecule has 0 atom stereocenters. The van der Waals surface area contributed by atoms with Gasteiger partial charge in [0.15, 0.2) is 13.3 Å². The van der Waals surface area contributed by atoms with E-state index in [2.05, 4.69) is 0 Å². The smallest absolute Gasteiger partial charge is 0.294 e. The molecule has 6 heteroatoms. The molecule has 6 nitrogen and oxygen atoms in total. The highest BCUT2D eigenvalue weighted by Crippen LogP contribution is 2.18. The Hall–Kier alpha value is -2.76. The SMILES string of the molecule is C[N+](=O)c1coc(/C=C/c2ccc([N+](=O)[O-])cc2)c1. The number of non-ortho nitro benzene ring substituents is 1. The molecule has 96 valence electrons. The Labute approximate surface area is 108 Å². The van der Waals surface area contributed by atoms with Crippen LogP contribution in [0.3, 0.4) is 0 Å². The normalized spacial score (nSPS) is 10.8. The summed E-state index contributed by atoms with van der Waals surface area (Å²) in [6, 6.07) is 7.74. The van der Waals surface area contributed by atoms with Gasteiger partial charge in [0, 0.05) is 21.8 Å². The van der Waals surface area contributed by atoms with Crippen LogP contribution in [0, 0.1) is 15.0 Å². The summed E-state index contributed by atoms with van der Waals surface area (Å²) in [4.78, 5) is 21.1. The van der Waals surface area contributed by atoms with Crippen LogP contribution in [0.5, 0.6) is 0 Å². The minimum Gasteiger partial charge on any atom is -0.458 e. The maximum Gasteiger partial charge on any atom is 0.294 e. The molecule has 0 aliphatic heterocycles. The first-order valence-electron chi connectivity index (χ1n) is 5.48.